The van der Waals surface area contributed by atoms with Crippen LogP contribution in [0.2, 0.25) is 0 Å². The SMILES string of the molecule is COc1ccc(CC(=O)Nc2ccc(NC3CCCCC3)cc2)cc1. The molecule has 1 aliphatic carbocycles. The van der Waals surface area contributed by atoms with E-state index in [4.69, 9.17) is 4.74 Å². The molecular formula is C21H26N2O2. The van der Waals surface area contributed by atoms with Crippen molar-refractivity contribution < 1.29 is 9.53 Å². The molecule has 0 radical (unpaired) electrons. The molecule has 0 aliphatic heterocycles. The quantitative estimate of drug-likeness (QED) is 0.808. The van der Waals surface area contributed by atoms with Crippen molar-refractivity contribution in [2.24, 2.45) is 0 Å². The van der Waals surface area contributed by atoms with Crippen LogP contribution in [0.5, 0.6) is 5.75 Å². The molecule has 0 saturated heterocycles. The van der Waals surface area contributed by atoms with Crippen LogP contribution in [0.3, 0.4) is 0 Å². The maximum absolute atomic E-state index is 12.2. The van der Waals surface area contributed by atoms with Gasteiger partial charge in [-0.25, -0.2) is 0 Å². The van der Waals surface area contributed by atoms with Crippen LogP contribution >= 0.6 is 0 Å². The molecule has 1 saturated carbocycles. The Labute approximate surface area is 149 Å². The number of anilines is 2. The van der Waals surface area contributed by atoms with E-state index in [1.54, 1.807) is 7.11 Å². The summed E-state index contributed by atoms with van der Waals surface area (Å²) in [5.41, 5.74) is 2.92. The molecule has 1 fully saturated rings. The molecule has 0 bridgehead atoms. The first-order chi connectivity index (χ1) is 12.2. The van der Waals surface area contributed by atoms with Crippen molar-refractivity contribution in [2.45, 2.75) is 44.6 Å². The van der Waals surface area contributed by atoms with E-state index in [0.29, 0.717) is 12.5 Å². The number of hydrogen-bond acceptors (Lipinski definition) is 3. The Bertz CT molecular complexity index is 674. The molecule has 0 heterocycles. The van der Waals surface area contributed by atoms with E-state index >= 15 is 0 Å². The van der Waals surface area contributed by atoms with Crippen molar-refractivity contribution in [3.8, 4) is 5.75 Å². The minimum Gasteiger partial charge on any atom is -0.497 e. The van der Waals surface area contributed by atoms with Crippen LogP contribution in [-0.2, 0) is 11.2 Å². The van der Waals surface area contributed by atoms with Gasteiger partial charge < -0.3 is 15.4 Å². The summed E-state index contributed by atoms with van der Waals surface area (Å²) in [7, 11) is 1.63. The third-order valence-corrected chi connectivity index (χ3v) is 4.67. The summed E-state index contributed by atoms with van der Waals surface area (Å²) >= 11 is 0. The fraction of sp³-hybridized carbons (Fsp3) is 0.381. The molecule has 2 aromatic rings. The van der Waals surface area contributed by atoms with Gasteiger partial charge in [0.15, 0.2) is 0 Å². The number of nitrogens with one attached hydrogen (secondary N) is 2. The zero-order valence-electron chi connectivity index (χ0n) is 14.8. The number of amides is 1. The summed E-state index contributed by atoms with van der Waals surface area (Å²) in [4.78, 5) is 12.2. The molecule has 132 valence electrons. The van der Waals surface area contributed by atoms with Crippen molar-refractivity contribution in [1.29, 1.82) is 0 Å². The maximum atomic E-state index is 12.2. The molecule has 2 N–H and O–H groups in total. The van der Waals surface area contributed by atoms with Crippen LogP contribution in [0.25, 0.3) is 0 Å². The minimum atomic E-state index is -0.0156. The molecule has 1 aliphatic rings. The van der Waals surface area contributed by atoms with Gasteiger partial charge in [-0.1, -0.05) is 31.4 Å². The predicted molar refractivity (Wildman–Crippen MR) is 102 cm³/mol. The molecule has 0 unspecified atom stereocenters. The lowest BCUT2D eigenvalue weighted by Gasteiger charge is -2.23. The Morgan fingerprint density at radius 3 is 2.24 bits per heavy atom. The highest BCUT2D eigenvalue weighted by molar-refractivity contribution is 5.92. The molecule has 0 aromatic heterocycles. The van der Waals surface area contributed by atoms with Gasteiger partial charge in [-0.05, 0) is 54.8 Å². The topological polar surface area (TPSA) is 50.4 Å². The van der Waals surface area contributed by atoms with Gasteiger partial charge in [-0.2, -0.15) is 0 Å². The number of benzene rings is 2. The number of hydrogen-bond donors (Lipinski definition) is 2. The Kier molecular flexibility index (Phi) is 5.94. The van der Waals surface area contributed by atoms with Crippen LogP contribution < -0.4 is 15.4 Å². The summed E-state index contributed by atoms with van der Waals surface area (Å²) in [5.74, 6) is 0.781. The minimum absolute atomic E-state index is 0.0156. The maximum Gasteiger partial charge on any atom is 0.228 e. The number of methoxy groups -OCH3 is 1. The molecule has 3 rings (SSSR count). The number of ether oxygens (including phenoxy) is 1. The van der Waals surface area contributed by atoms with Gasteiger partial charge in [-0.3, -0.25) is 4.79 Å². The van der Waals surface area contributed by atoms with E-state index in [1.807, 2.05) is 48.5 Å². The molecule has 2 aromatic carbocycles. The lowest BCUT2D eigenvalue weighted by Crippen LogP contribution is -2.22. The molecular weight excluding hydrogens is 312 g/mol. The van der Waals surface area contributed by atoms with Crippen LogP contribution in [0, 0.1) is 0 Å². The molecule has 25 heavy (non-hydrogen) atoms. The van der Waals surface area contributed by atoms with Crippen LogP contribution in [0.1, 0.15) is 37.7 Å². The van der Waals surface area contributed by atoms with E-state index in [9.17, 15) is 4.79 Å². The summed E-state index contributed by atoms with van der Waals surface area (Å²) < 4.78 is 5.13. The monoisotopic (exact) mass is 338 g/mol. The number of carbonyl (C=O) groups excluding carboxylic acids is 1. The van der Waals surface area contributed by atoms with Crippen molar-refractivity contribution in [2.75, 3.05) is 17.7 Å². The average Bonchev–Trinajstić information content (AvgIpc) is 2.65. The van der Waals surface area contributed by atoms with Gasteiger partial charge in [0.2, 0.25) is 5.91 Å². The third-order valence-electron chi connectivity index (χ3n) is 4.67. The summed E-state index contributed by atoms with van der Waals surface area (Å²) in [6, 6.07) is 16.1. The normalized spacial score (nSPS) is 14.8. The first-order valence-corrected chi connectivity index (χ1v) is 9.02. The Balaban J connectivity index is 1.50. The standard InChI is InChI=1S/C21H26N2O2/c1-25-20-13-7-16(8-14-20)15-21(24)23-19-11-9-18(10-12-19)22-17-5-3-2-4-6-17/h7-14,17,22H,2-6,15H2,1H3,(H,23,24). The summed E-state index contributed by atoms with van der Waals surface area (Å²) in [5, 5.41) is 6.54. The van der Waals surface area contributed by atoms with Gasteiger partial charge >= 0.3 is 0 Å². The van der Waals surface area contributed by atoms with Crippen molar-refractivity contribution >= 4 is 17.3 Å². The van der Waals surface area contributed by atoms with E-state index in [-0.39, 0.29) is 5.91 Å². The van der Waals surface area contributed by atoms with Gasteiger partial charge in [-0.15, -0.1) is 0 Å². The van der Waals surface area contributed by atoms with Crippen LogP contribution in [0.4, 0.5) is 11.4 Å². The molecule has 1 amide bonds. The lowest BCUT2D eigenvalue weighted by atomic mass is 9.95. The second-order valence-electron chi connectivity index (χ2n) is 6.63. The largest absolute Gasteiger partial charge is 0.497 e. The van der Waals surface area contributed by atoms with Crippen molar-refractivity contribution in [3.63, 3.8) is 0 Å². The fourth-order valence-electron chi connectivity index (χ4n) is 3.27. The second-order valence-corrected chi connectivity index (χ2v) is 6.63. The first kappa shape index (κ1) is 17.3. The zero-order valence-corrected chi connectivity index (χ0v) is 14.8. The first-order valence-electron chi connectivity index (χ1n) is 9.02. The fourth-order valence-corrected chi connectivity index (χ4v) is 3.27. The van der Waals surface area contributed by atoms with E-state index < -0.39 is 0 Å². The molecule has 0 spiro atoms. The molecule has 4 nitrogen and oxygen atoms in total. The Morgan fingerprint density at radius 2 is 1.60 bits per heavy atom. The van der Waals surface area contributed by atoms with E-state index in [0.717, 1.165) is 22.7 Å². The van der Waals surface area contributed by atoms with Crippen LogP contribution in [-0.4, -0.2) is 19.1 Å². The Morgan fingerprint density at radius 1 is 0.960 bits per heavy atom. The van der Waals surface area contributed by atoms with E-state index in [1.165, 1.54) is 32.1 Å². The van der Waals surface area contributed by atoms with Gasteiger partial charge in [0.25, 0.3) is 0 Å². The zero-order chi connectivity index (χ0) is 17.5. The summed E-state index contributed by atoms with van der Waals surface area (Å²) in [6.45, 7) is 0. The smallest absolute Gasteiger partial charge is 0.228 e. The highest BCUT2D eigenvalue weighted by Crippen LogP contribution is 2.22. The highest BCUT2D eigenvalue weighted by Gasteiger charge is 2.12. The molecule has 0 atom stereocenters. The molecule has 4 heteroatoms. The van der Waals surface area contributed by atoms with E-state index in [2.05, 4.69) is 10.6 Å². The van der Waals surface area contributed by atoms with Crippen LogP contribution in [0.15, 0.2) is 48.5 Å². The third kappa shape index (κ3) is 5.24. The van der Waals surface area contributed by atoms with Gasteiger partial charge in [0.1, 0.15) is 5.75 Å². The van der Waals surface area contributed by atoms with Crippen molar-refractivity contribution in [3.05, 3.63) is 54.1 Å². The van der Waals surface area contributed by atoms with Crippen molar-refractivity contribution in [1.82, 2.24) is 0 Å². The lowest BCUT2D eigenvalue weighted by molar-refractivity contribution is -0.115. The predicted octanol–water partition coefficient (Wildman–Crippen LogP) is 4.62. The van der Waals surface area contributed by atoms with Gasteiger partial charge in [0, 0.05) is 17.4 Å². The average molecular weight is 338 g/mol. The van der Waals surface area contributed by atoms with Gasteiger partial charge in [0.05, 0.1) is 13.5 Å². The highest BCUT2D eigenvalue weighted by atomic mass is 16.5. The Hall–Kier alpha value is -2.49. The summed E-state index contributed by atoms with van der Waals surface area (Å²) in [6.07, 6.45) is 6.85. The second kappa shape index (κ2) is 8.56. The number of carbonyl (C=O) groups is 1. The number of rotatable bonds is 6.